The normalized spacial score (nSPS) is 9.77. The highest BCUT2D eigenvalue weighted by Gasteiger charge is 2.02. The van der Waals surface area contributed by atoms with Gasteiger partial charge in [0.05, 0.1) is 11.6 Å². The van der Waals surface area contributed by atoms with Crippen molar-refractivity contribution < 1.29 is 4.79 Å². The van der Waals surface area contributed by atoms with E-state index in [9.17, 15) is 4.79 Å². The summed E-state index contributed by atoms with van der Waals surface area (Å²) >= 11 is 0. The quantitative estimate of drug-likeness (QED) is 0.664. The van der Waals surface area contributed by atoms with Gasteiger partial charge in [0.2, 0.25) is 0 Å². The minimum Gasteiger partial charge on any atom is -0.360 e. The Kier molecular flexibility index (Phi) is 1.60. The summed E-state index contributed by atoms with van der Waals surface area (Å²) in [4.78, 5) is 13.5. The van der Waals surface area contributed by atoms with Crippen LogP contribution in [-0.2, 0) is 0 Å². The molecule has 0 bridgehead atoms. The molecule has 0 unspecified atom stereocenters. The smallest absolute Gasteiger partial charge is 0.152 e. The first kappa shape index (κ1) is 7.56. The zero-order valence-electron chi connectivity index (χ0n) is 6.74. The molecule has 62 valence electrons. The average Bonchev–Trinajstić information content (AvgIpc) is 2.59. The number of nitriles is 1. The minimum atomic E-state index is 0.590. The number of aldehydes is 1. The number of H-pyrrole nitrogens is 1. The van der Waals surface area contributed by atoms with Gasteiger partial charge in [0.1, 0.15) is 0 Å². The number of hydrogen-bond acceptors (Lipinski definition) is 2. The highest BCUT2D eigenvalue weighted by molar-refractivity contribution is 5.97. The Hall–Kier alpha value is -2.08. The van der Waals surface area contributed by atoms with E-state index in [-0.39, 0.29) is 0 Å². The summed E-state index contributed by atoms with van der Waals surface area (Å²) in [7, 11) is 0. The summed E-state index contributed by atoms with van der Waals surface area (Å²) in [6.07, 6.45) is 2.43. The monoisotopic (exact) mass is 170 g/mol. The third-order valence-corrected chi connectivity index (χ3v) is 1.97. The van der Waals surface area contributed by atoms with Crippen LogP contribution < -0.4 is 0 Å². The van der Waals surface area contributed by atoms with Crippen molar-refractivity contribution in [2.45, 2.75) is 0 Å². The van der Waals surface area contributed by atoms with Crippen molar-refractivity contribution in [3.8, 4) is 6.07 Å². The highest BCUT2D eigenvalue weighted by atomic mass is 16.1. The van der Waals surface area contributed by atoms with Gasteiger partial charge in [-0.2, -0.15) is 5.26 Å². The van der Waals surface area contributed by atoms with Gasteiger partial charge in [-0.25, -0.2) is 0 Å². The zero-order chi connectivity index (χ0) is 9.26. The summed E-state index contributed by atoms with van der Waals surface area (Å²) in [6.45, 7) is 0. The number of nitrogens with one attached hydrogen (secondary N) is 1. The van der Waals surface area contributed by atoms with Crippen LogP contribution in [0.25, 0.3) is 10.9 Å². The molecule has 0 atom stereocenters. The number of carbonyl (C=O) groups is 1. The number of aromatic nitrogens is 1. The molecule has 13 heavy (non-hydrogen) atoms. The van der Waals surface area contributed by atoms with Gasteiger partial charge in [0, 0.05) is 22.7 Å². The Bertz CT molecular complexity index is 505. The van der Waals surface area contributed by atoms with Crippen LogP contribution in [0.3, 0.4) is 0 Å². The minimum absolute atomic E-state index is 0.590. The van der Waals surface area contributed by atoms with Gasteiger partial charge in [0.15, 0.2) is 6.29 Å². The van der Waals surface area contributed by atoms with E-state index in [1.807, 2.05) is 6.07 Å². The van der Waals surface area contributed by atoms with Crippen molar-refractivity contribution in [1.29, 1.82) is 5.26 Å². The van der Waals surface area contributed by atoms with Crippen LogP contribution in [0.5, 0.6) is 0 Å². The van der Waals surface area contributed by atoms with Crippen LogP contribution in [-0.4, -0.2) is 11.3 Å². The molecule has 0 fully saturated rings. The van der Waals surface area contributed by atoms with Crippen molar-refractivity contribution in [3.05, 3.63) is 35.5 Å². The first-order chi connectivity index (χ1) is 6.35. The third-order valence-electron chi connectivity index (χ3n) is 1.97. The molecule has 0 saturated heterocycles. The molecule has 0 aliphatic rings. The molecule has 3 heteroatoms. The van der Waals surface area contributed by atoms with Gasteiger partial charge in [-0.05, 0) is 12.1 Å². The maximum atomic E-state index is 10.6. The Labute approximate surface area is 74.6 Å². The molecular formula is C10H6N2O. The fraction of sp³-hybridized carbons (Fsp3) is 0. The molecule has 2 rings (SSSR count). The van der Waals surface area contributed by atoms with Crippen molar-refractivity contribution >= 4 is 17.2 Å². The number of hydrogen-bond donors (Lipinski definition) is 1. The highest BCUT2D eigenvalue weighted by Crippen LogP contribution is 2.17. The van der Waals surface area contributed by atoms with Gasteiger partial charge < -0.3 is 4.98 Å². The second kappa shape index (κ2) is 2.76. The molecule has 0 aliphatic heterocycles. The molecule has 3 nitrogen and oxygen atoms in total. The van der Waals surface area contributed by atoms with Crippen LogP contribution >= 0.6 is 0 Å². The summed E-state index contributed by atoms with van der Waals surface area (Å²) in [5.74, 6) is 0. The lowest BCUT2D eigenvalue weighted by Gasteiger charge is -1.90. The first-order valence-electron chi connectivity index (χ1n) is 3.81. The topological polar surface area (TPSA) is 56.6 Å². The molecule has 0 spiro atoms. The molecule has 0 aliphatic carbocycles. The van der Waals surface area contributed by atoms with Crippen molar-refractivity contribution in [3.63, 3.8) is 0 Å². The maximum Gasteiger partial charge on any atom is 0.152 e. The van der Waals surface area contributed by atoms with Crippen molar-refractivity contribution in [2.75, 3.05) is 0 Å². The van der Waals surface area contributed by atoms with Gasteiger partial charge in [-0.15, -0.1) is 0 Å². The van der Waals surface area contributed by atoms with Gasteiger partial charge >= 0.3 is 0 Å². The van der Waals surface area contributed by atoms with E-state index in [4.69, 9.17) is 5.26 Å². The van der Waals surface area contributed by atoms with E-state index in [1.54, 1.807) is 24.4 Å². The molecule has 1 heterocycles. The van der Waals surface area contributed by atoms with E-state index in [0.29, 0.717) is 11.1 Å². The summed E-state index contributed by atoms with van der Waals surface area (Å²) in [5.41, 5.74) is 2.03. The standard InChI is InChI=1S/C10H6N2O/c11-4-7-1-2-9-8(6-13)5-12-10(9)3-7/h1-3,5-6,12H. The van der Waals surface area contributed by atoms with Crippen molar-refractivity contribution in [2.24, 2.45) is 0 Å². The number of fused-ring (bicyclic) bond motifs is 1. The lowest BCUT2D eigenvalue weighted by molar-refractivity contribution is 0.112. The van der Waals surface area contributed by atoms with E-state index in [2.05, 4.69) is 4.98 Å². The third kappa shape index (κ3) is 1.09. The largest absolute Gasteiger partial charge is 0.360 e. The van der Waals surface area contributed by atoms with Crippen LogP contribution in [0.2, 0.25) is 0 Å². The number of aromatic amines is 1. The molecule has 0 amide bonds. The van der Waals surface area contributed by atoms with E-state index in [0.717, 1.165) is 17.2 Å². The van der Waals surface area contributed by atoms with Crippen molar-refractivity contribution in [1.82, 2.24) is 4.98 Å². The molecular weight excluding hydrogens is 164 g/mol. The number of carbonyl (C=O) groups excluding carboxylic acids is 1. The summed E-state index contributed by atoms with van der Waals surface area (Å²) in [6, 6.07) is 7.23. The Morgan fingerprint density at radius 1 is 1.46 bits per heavy atom. The van der Waals surface area contributed by atoms with E-state index >= 15 is 0 Å². The van der Waals surface area contributed by atoms with E-state index < -0.39 is 0 Å². The molecule has 1 aromatic carbocycles. The van der Waals surface area contributed by atoms with Crippen LogP contribution in [0.1, 0.15) is 15.9 Å². The van der Waals surface area contributed by atoms with Gasteiger partial charge in [-0.1, -0.05) is 6.07 Å². The average molecular weight is 170 g/mol. The summed E-state index contributed by atoms with van der Waals surface area (Å²) in [5, 5.41) is 9.48. The van der Waals surface area contributed by atoms with E-state index in [1.165, 1.54) is 0 Å². The molecule has 0 saturated carbocycles. The SMILES string of the molecule is N#Cc1ccc2c(C=O)c[nH]c2c1. The number of rotatable bonds is 1. The second-order valence-corrected chi connectivity index (χ2v) is 2.73. The molecule has 2 aromatic rings. The van der Waals surface area contributed by atoms with Crippen LogP contribution in [0.4, 0.5) is 0 Å². The molecule has 1 aromatic heterocycles. The summed E-state index contributed by atoms with van der Waals surface area (Å²) < 4.78 is 0. The second-order valence-electron chi connectivity index (χ2n) is 2.73. The lowest BCUT2D eigenvalue weighted by Crippen LogP contribution is -1.76. The Morgan fingerprint density at radius 2 is 2.31 bits per heavy atom. The zero-order valence-corrected chi connectivity index (χ0v) is 6.74. The van der Waals surface area contributed by atoms with Gasteiger partial charge in [0.25, 0.3) is 0 Å². The number of benzene rings is 1. The number of nitrogens with zero attached hydrogens (tertiary/aromatic N) is 1. The lowest BCUT2D eigenvalue weighted by atomic mass is 10.1. The Balaban J connectivity index is 2.76. The fourth-order valence-corrected chi connectivity index (χ4v) is 1.32. The first-order valence-corrected chi connectivity index (χ1v) is 3.81. The maximum absolute atomic E-state index is 10.6. The predicted molar refractivity (Wildman–Crippen MR) is 48.4 cm³/mol. The Morgan fingerprint density at radius 3 is 3.00 bits per heavy atom. The molecule has 1 N–H and O–H groups in total. The van der Waals surface area contributed by atoms with Crippen LogP contribution in [0.15, 0.2) is 24.4 Å². The van der Waals surface area contributed by atoms with Gasteiger partial charge in [-0.3, -0.25) is 4.79 Å². The molecule has 0 radical (unpaired) electrons. The fourth-order valence-electron chi connectivity index (χ4n) is 1.32. The van der Waals surface area contributed by atoms with Crippen LogP contribution in [0, 0.1) is 11.3 Å². The predicted octanol–water partition coefficient (Wildman–Crippen LogP) is 1.85.